The number of carbonyl (C=O) groups excluding carboxylic acids is 1. The molecule has 1 fully saturated rings. The molecule has 1 aromatic rings. The summed E-state index contributed by atoms with van der Waals surface area (Å²) in [5, 5.41) is 3.23. The molecule has 1 aliphatic heterocycles. The predicted molar refractivity (Wildman–Crippen MR) is 78.9 cm³/mol. The van der Waals surface area contributed by atoms with Crippen LogP contribution < -0.4 is 5.32 Å². The molecule has 18 heavy (non-hydrogen) atoms. The zero-order chi connectivity index (χ0) is 12.3. The summed E-state index contributed by atoms with van der Waals surface area (Å²) in [6, 6.07) is 8.09. The summed E-state index contributed by atoms with van der Waals surface area (Å²) in [4.78, 5) is 13.9. The van der Waals surface area contributed by atoms with Crippen molar-refractivity contribution in [2.45, 2.75) is 25.4 Å². The van der Waals surface area contributed by atoms with E-state index in [9.17, 15) is 4.79 Å². The van der Waals surface area contributed by atoms with Crippen molar-refractivity contribution in [1.29, 1.82) is 0 Å². The van der Waals surface area contributed by atoms with Crippen LogP contribution in [0.4, 0.5) is 0 Å². The fourth-order valence-corrected chi connectivity index (χ4v) is 2.60. The minimum Gasteiger partial charge on any atom is -0.340 e. The minimum atomic E-state index is 0. The van der Waals surface area contributed by atoms with Crippen molar-refractivity contribution in [3.05, 3.63) is 34.3 Å². The third-order valence-electron chi connectivity index (χ3n) is 3.04. The van der Waals surface area contributed by atoms with Crippen molar-refractivity contribution in [1.82, 2.24) is 10.2 Å². The van der Waals surface area contributed by atoms with Crippen LogP contribution in [0.25, 0.3) is 0 Å². The molecule has 0 spiro atoms. The van der Waals surface area contributed by atoms with E-state index in [1.807, 2.05) is 31.3 Å². The van der Waals surface area contributed by atoms with E-state index in [1.54, 1.807) is 4.90 Å². The summed E-state index contributed by atoms with van der Waals surface area (Å²) in [6.07, 6.45) is 2.06. The maximum Gasteiger partial charge on any atom is 0.239 e. The largest absolute Gasteiger partial charge is 0.340 e. The molecule has 0 radical (unpaired) electrons. The predicted octanol–water partition coefficient (Wildman–Crippen LogP) is 2.58. The van der Waals surface area contributed by atoms with Crippen LogP contribution in [-0.2, 0) is 11.3 Å². The first kappa shape index (κ1) is 15.5. The Labute approximate surface area is 122 Å². The van der Waals surface area contributed by atoms with E-state index in [-0.39, 0.29) is 24.4 Å². The maximum atomic E-state index is 12.1. The van der Waals surface area contributed by atoms with Gasteiger partial charge in [0.15, 0.2) is 0 Å². The van der Waals surface area contributed by atoms with E-state index in [1.165, 1.54) is 0 Å². The smallest absolute Gasteiger partial charge is 0.239 e. The molecule has 0 saturated carbocycles. The van der Waals surface area contributed by atoms with Gasteiger partial charge in [0.25, 0.3) is 0 Å². The zero-order valence-corrected chi connectivity index (χ0v) is 12.8. The Hall–Kier alpha value is -0.580. The standard InChI is InChI=1S/C13H17BrN2O.ClH/c1-16(13(17)12-6-3-7-15-12)9-10-4-2-5-11(14)8-10;/h2,4-5,8,12,15H,3,6-7,9H2,1H3;1H. The van der Waals surface area contributed by atoms with Gasteiger partial charge in [-0.2, -0.15) is 0 Å². The van der Waals surface area contributed by atoms with Crippen LogP contribution in [0, 0.1) is 0 Å². The van der Waals surface area contributed by atoms with E-state index in [0.717, 1.165) is 29.4 Å². The highest BCUT2D eigenvalue weighted by molar-refractivity contribution is 9.10. The lowest BCUT2D eigenvalue weighted by atomic mass is 10.1. The molecule has 1 heterocycles. The van der Waals surface area contributed by atoms with Gasteiger partial charge in [0.1, 0.15) is 0 Å². The van der Waals surface area contributed by atoms with E-state index >= 15 is 0 Å². The summed E-state index contributed by atoms with van der Waals surface area (Å²) in [7, 11) is 1.86. The molecular formula is C13H18BrClN2O. The maximum absolute atomic E-state index is 12.1. The van der Waals surface area contributed by atoms with Crippen LogP contribution in [0.15, 0.2) is 28.7 Å². The van der Waals surface area contributed by atoms with Gasteiger partial charge in [-0.1, -0.05) is 28.1 Å². The van der Waals surface area contributed by atoms with Gasteiger partial charge in [0, 0.05) is 18.1 Å². The normalized spacial score (nSPS) is 18.2. The summed E-state index contributed by atoms with van der Waals surface area (Å²) in [5.74, 6) is 0.197. The number of carbonyl (C=O) groups is 1. The van der Waals surface area contributed by atoms with Crippen molar-refractivity contribution >= 4 is 34.2 Å². The number of likely N-dealkylation sites (N-methyl/N-ethyl adjacent to an activating group) is 1. The van der Waals surface area contributed by atoms with Crippen LogP contribution in [0.2, 0.25) is 0 Å². The van der Waals surface area contributed by atoms with Crippen molar-refractivity contribution in [2.24, 2.45) is 0 Å². The quantitative estimate of drug-likeness (QED) is 0.922. The molecule has 1 aromatic carbocycles. The minimum absolute atomic E-state index is 0. The summed E-state index contributed by atoms with van der Waals surface area (Å²) in [5.41, 5.74) is 1.15. The summed E-state index contributed by atoms with van der Waals surface area (Å²) < 4.78 is 1.05. The van der Waals surface area contributed by atoms with Gasteiger partial charge in [-0.25, -0.2) is 0 Å². The number of hydrogen-bond donors (Lipinski definition) is 1. The van der Waals surface area contributed by atoms with Crippen LogP contribution >= 0.6 is 28.3 Å². The van der Waals surface area contributed by atoms with Gasteiger partial charge in [-0.15, -0.1) is 12.4 Å². The molecule has 2 rings (SSSR count). The molecule has 100 valence electrons. The number of halogens is 2. The molecule has 5 heteroatoms. The van der Waals surface area contributed by atoms with Gasteiger partial charge in [0.05, 0.1) is 6.04 Å². The molecule has 1 N–H and O–H groups in total. The first-order valence-corrected chi connectivity index (χ1v) is 6.69. The highest BCUT2D eigenvalue weighted by Crippen LogP contribution is 2.14. The van der Waals surface area contributed by atoms with Gasteiger partial charge >= 0.3 is 0 Å². The van der Waals surface area contributed by atoms with Gasteiger partial charge in [0.2, 0.25) is 5.91 Å². The Kier molecular flexibility index (Phi) is 6.12. The Balaban J connectivity index is 0.00000162. The highest BCUT2D eigenvalue weighted by Gasteiger charge is 2.24. The highest BCUT2D eigenvalue weighted by atomic mass is 79.9. The van der Waals surface area contributed by atoms with Gasteiger partial charge < -0.3 is 10.2 Å². The fraction of sp³-hybridized carbons (Fsp3) is 0.462. The molecule has 3 nitrogen and oxygen atoms in total. The molecule has 0 aromatic heterocycles. The molecular weight excluding hydrogens is 316 g/mol. The number of rotatable bonds is 3. The molecule has 1 aliphatic rings. The first-order chi connectivity index (χ1) is 8.16. The van der Waals surface area contributed by atoms with E-state index in [2.05, 4.69) is 21.2 Å². The summed E-state index contributed by atoms with van der Waals surface area (Å²) in [6.45, 7) is 1.62. The van der Waals surface area contributed by atoms with E-state index < -0.39 is 0 Å². The second-order valence-electron chi connectivity index (χ2n) is 4.47. The molecule has 1 unspecified atom stereocenters. The van der Waals surface area contributed by atoms with Gasteiger partial charge in [-0.05, 0) is 37.1 Å². The monoisotopic (exact) mass is 332 g/mol. The average Bonchev–Trinajstić information content (AvgIpc) is 2.81. The number of hydrogen-bond acceptors (Lipinski definition) is 2. The van der Waals surface area contributed by atoms with Crippen LogP contribution in [-0.4, -0.2) is 30.4 Å². The lowest BCUT2D eigenvalue weighted by molar-refractivity contribution is -0.132. The number of benzene rings is 1. The van der Waals surface area contributed by atoms with Crippen molar-refractivity contribution in [2.75, 3.05) is 13.6 Å². The number of amides is 1. The van der Waals surface area contributed by atoms with Crippen molar-refractivity contribution < 1.29 is 4.79 Å². The lowest BCUT2D eigenvalue weighted by Crippen LogP contribution is -2.41. The Bertz CT molecular complexity index is 408. The SMILES string of the molecule is CN(Cc1cccc(Br)c1)C(=O)C1CCCN1.Cl. The fourth-order valence-electron chi connectivity index (χ4n) is 2.15. The zero-order valence-electron chi connectivity index (χ0n) is 10.4. The third kappa shape index (κ3) is 3.97. The molecule has 1 amide bonds. The van der Waals surface area contributed by atoms with Crippen LogP contribution in [0.5, 0.6) is 0 Å². The van der Waals surface area contributed by atoms with Crippen LogP contribution in [0.1, 0.15) is 18.4 Å². The molecule has 1 atom stereocenters. The van der Waals surface area contributed by atoms with Crippen LogP contribution in [0.3, 0.4) is 0 Å². The van der Waals surface area contributed by atoms with Crippen molar-refractivity contribution in [3.8, 4) is 0 Å². The molecule has 1 saturated heterocycles. The third-order valence-corrected chi connectivity index (χ3v) is 3.54. The molecule has 0 bridgehead atoms. The Morgan fingerprint density at radius 1 is 1.56 bits per heavy atom. The lowest BCUT2D eigenvalue weighted by Gasteiger charge is -2.21. The topological polar surface area (TPSA) is 32.3 Å². The second kappa shape index (κ2) is 7.12. The average molecular weight is 334 g/mol. The Morgan fingerprint density at radius 2 is 2.33 bits per heavy atom. The van der Waals surface area contributed by atoms with E-state index in [0.29, 0.717) is 6.54 Å². The summed E-state index contributed by atoms with van der Waals surface area (Å²) >= 11 is 3.44. The van der Waals surface area contributed by atoms with Gasteiger partial charge in [-0.3, -0.25) is 4.79 Å². The van der Waals surface area contributed by atoms with E-state index in [4.69, 9.17) is 0 Å². The van der Waals surface area contributed by atoms with Crippen molar-refractivity contribution in [3.63, 3.8) is 0 Å². The first-order valence-electron chi connectivity index (χ1n) is 5.89. The number of nitrogens with one attached hydrogen (secondary N) is 1. The number of nitrogens with zero attached hydrogens (tertiary/aromatic N) is 1. The molecule has 0 aliphatic carbocycles. The second-order valence-corrected chi connectivity index (χ2v) is 5.39. The Morgan fingerprint density at radius 3 is 2.94 bits per heavy atom.